The highest BCUT2D eigenvalue weighted by molar-refractivity contribution is 7.88. The first-order chi connectivity index (χ1) is 10.4. The van der Waals surface area contributed by atoms with Crippen molar-refractivity contribution in [3.05, 3.63) is 11.6 Å². The normalized spacial score (nSPS) is 24.9. The van der Waals surface area contributed by atoms with E-state index in [1.54, 1.807) is 4.31 Å². The Morgan fingerprint density at radius 2 is 1.86 bits per heavy atom. The Balaban J connectivity index is 1.73. The number of rotatable bonds is 4. The van der Waals surface area contributed by atoms with Crippen LogP contribution < -0.4 is 0 Å². The lowest BCUT2D eigenvalue weighted by Gasteiger charge is -2.30. The monoisotopic (exact) mass is 327 g/mol. The lowest BCUT2D eigenvalue weighted by molar-refractivity contribution is 0.303. The zero-order valence-electron chi connectivity index (χ0n) is 13.4. The van der Waals surface area contributed by atoms with E-state index in [0.29, 0.717) is 13.1 Å². The fourth-order valence-corrected chi connectivity index (χ4v) is 4.38. The maximum atomic E-state index is 11.8. The largest absolute Gasteiger partial charge is 0.317 e. The second-order valence-electron chi connectivity index (χ2n) is 6.48. The quantitative estimate of drug-likeness (QED) is 0.808. The minimum Gasteiger partial charge on any atom is -0.317 e. The molecule has 1 aromatic heterocycles. The second kappa shape index (κ2) is 6.25. The molecule has 0 N–H and O–H groups in total. The molecule has 0 saturated carbocycles. The molecule has 2 fully saturated rings. The van der Waals surface area contributed by atoms with Crippen LogP contribution >= 0.6 is 0 Å². The summed E-state index contributed by atoms with van der Waals surface area (Å²) in [5.41, 5.74) is 0. The molecule has 2 aliphatic rings. The van der Waals surface area contributed by atoms with Crippen molar-refractivity contribution in [2.75, 3.05) is 32.4 Å². The molecule has 8 heteroatoms. The summed E-state index contributed by atoms with van der Waals surface area (Å²) in [5.74, 6) is 2.05. The maximum Gasteiger partial charge on any atom is 0.211 e. The molecule has 2 aliphatic heterocycles. The van der Waals surface area contributed by atoms with Crippen molar-refractivity contribution in [1.82, 2.24) is 24.0 Å². The molecule has 22 heavy (non-hydrogen) atoms. The van der Waals surface area contributed by atoms with Crippen LogP contribution in [0.4, 0.5) is 0 Å². The van der Waals surface area contributed by atoms with Crippen molar-refractivity contribution in [3.63, 3.8) is 0 Å². The molecule has 0 bridgehead atoms. The Morgan fingerprint density at radius 1 is 1.14 bits per heavy atom. The van der Waals surface area contributed by atoms with Gasteiger partial charge < -0.3 is 4.57 Å². The van der Waals surface area contributed by atoms with Crippen LogP contribution in [-0.4, -0.2) is 64.8 Å². The summed E-state index contributed by atoms with van der Waals surface area (Å²) < 4.78 is 27.1. The molecule has 0 spiro atoms. The predicted octanol–water partition coefficient (Wildman–Crippen LogP) is 0.550. The van der Waals surface area contributed by atoms with Crippen LogP contribution in [0, 0.1) is 0 Å². The summed E-state index contributed by atoms with van der Waals surface area (Å²) in [7, 11) is -1.12. The maximum absolute atomic E-state index is 11.8. The third-order valence-electron chi connectivity index (χ3n) is 4.78. The van der Waals surface area contributed by atoms with Gasteiger partial charge in [0.25, 0.3) is 0 Å². The predicted molar refractivity (Wildman–Crippen MR) is 83.9 cm³/mol. The Morgan fingerprint density at radius 3 is 2.55 bits per heavy atom. The van der Waals surface area contributed by atoms with Gasteiger partial charge >= 0.3 is 0 Å². The van der Waals surface area contributed by atoms with Gasteiger partial charge in [-0.1, -0.05) is 0 Å². The first-order valence-corrected chi connectivity index (χ1v) is 9.85. The Labute approximate surface area is 132 Å². The number of nitrogens with zero attached hydrogens (tertiary/aromatic N) is 5. The standard InChI is InChI=1S/C14H25N5O2S/c1-17-13(11-18-7-3-4-8-18)15-16-14(17)12-6-5-9-19(10-12)22(2,20)21/h12H,3-11H2,1-2H3/t12-/m0/s1. The fourth-order valence-electron chi connectivity index (χ4n) is 3.46. The van der Waals surface area contributed by atoms with Crippen LogP contribution in [-0.2, 0) is 23.6 Å². The zero-order chi connectivity index (χ0) is 15.7. The summed E-state index contributed by atoms with van der Waals surface area (Å²) in [5, 5.41) is 8.71. The molecule has 2 saturated heterocycles. The first-order valence-electron chi connectivity index (χ1n) is 8.01. The number of hydrogen-bond acceptors (Lipinski definition) is 5. The van der Waals surface area contributed by atoms with Crippen LogP contribution in [0.3, 0.4) is 0 Å². The molecule has 3 rings (SSSR count). The molecule has 124 valence electrons. The number of sulfonamides is 1. The average Bonchev–Trinajstić information content (AvgIpc) is 3.10. The highest BCUT2D eigenvalue weighted by Gasteiger charge is 2.30. The zero-order valence-corrected chi connectivity index (χ0v) is 14.2. The average molecular weight is 327 g/mol. The molecule has 7 nitrogen and oxygen atoms in total. The molecule has 3 heterocycles. The molecule has 0 unspecified atom stereocenters. The van der Waals surface area contributed by atoms with Crippen molar-refractivity contribution in [2.45, 2.75) is 38.1 Å². The molecule has 0 amide bonds. The van der Waals surface area contributed by atoms with Crippen molar-refractivity contribution >= 4 is 10.0 Å². The summed E-state index contributed by atoms with van der Waals surface area (Å²) >= 11 is 0. The van der Waals surface area contributed by atoms with Gasteiger partial charge in [0.2, 0.25) is 10.0 Å². The Bertz CT molecular complexity index is 621. The van der Waals surface area contributed by atoms with E-state index in [-0.39, 0.29) is 5.92 Å². The molecular formula is C14H25N5O2S. The van der Waals surface area contributed by atoms with E-state index in [9.17, 15) is 8.42 Å². The Hall–Kier alpha value is -0.990. The van der Waals surface area contributed by atoms with Crippen molar-refractivity contribution in [3.8, 4) is 0 Å². The molecular weight excluding hydrogens is 302 g/mol. The van der Waals surface area contributed by atoms with Gasteiger partial charge in [-0.25, -0.2) is 12.7 Å². The van der Waals surface area contributed by atoms with Gasteiger partial charge in [-0.15, -0.1) is 10.2 Å². The fraction of sp³-hybridized carbons (Fsp3) is 0.857. The number of hydrogen-bond donors (Lipinski definition) is 0. The van der Waals surface area contributed by atoms with Crippen molar-refractivity contribution in [1.29, 1.82) is 0 Å². The second-order valence-corrected chi connectivity index (χ2v) is 8.46. The number of likely N-dealkylation sites (tertiary alicyclic amines) is 1. The van der Waals surface area contributed by atoms with E-state index >= 15 is 0 Å². The van der Waals surface area contributed by atoms with Crippen molar-refractivity contribution < 1.29 is 8.42 Å². The van der Waals surface area contributed by atoms with Gasteiger partial charge in [-0.3, -0.25) is 4.90 Å². The minimum atomic E-state index is -3.12. The molecule has 1 aromatic rings. The third-order valence-corrected chi connectivity index (χ3v) is 6.05. The van der Waals surface area contributed by atoms with Gasteiger partial charge in [0.05, 0.1) is 12.8 Å². The SMILES string of the molecule is Cn1c(CN2CCCC2)nnc1[C@H]1CCCN(S(C)(=O)=O)C1. The van der Waals surface area contributed by atoms with Crippen LogP contribution in [0.5, 0.6) is 0 Å². The molecule has 0 aromatic carbocycles. The highest BCUT2D eigenvalue weighted by atomic mass is 32.2. The van der Waals surface area contributed by atoms with E-state index in [1.165, 1.54) is 19.1 Å². The molecule has 0 aliphatic carbocycles. The molecule has 1 atom stereocenters. The molecule has 0 radical (unpaired) electrons. The lowest BCUT2D eigenvalue weighted by atomic mass is 9.99. The van der Waals surface area contributed by atoms with Gasteiger partial charge in [0.15, 0.2) is 0 Å². The third kappa shape index (κ3) is 3.33. The van der Waals surface area contributed by atoms with Gasteiger partial charge in [-0.2, -0.15) is 0 Å². The summed E-state index contributed by atoms with van der Waals surface area (Å²) in [6.45, 7) is 4.25. The van der Waals surface area contributed by atoms with Crippen LogP contribution in [0.2, 0.25) is 0 Å². The van der Waals surface area contributed by atoms with Gasteiger partial charge in [0, 0.05) is 26.1 Å². The summed E-state index contributed by atoms with van der Waals surface area (Å²) in [4.78, 5) is 2.40. The smallest absolute Gasteiger partial charge is 0.211 e. The van der Waals surface area contributed by atoms with Gasteiger partial charge in [0.1, 0.15) is 11.6 Å². The first kappa shape index (κ1) is 15.9. The summed E-state index contributed by atoms with van der Waals surface area (Å²) in [6.07, 6.45) is 5.66. The number of aromatic nitrogens is 3. The van der Waals surface area contributed by atoms with E-state index in [4.69, 9.17) is 0 Å². The van der Waals surface area contributed by atoms with E-state index in [2.05, 4.69) is 19.7 Å². The van der Waals surface area contributed by atoms with E-state index < -0.39 is 10.0 Å². The minimum absolute atomic E-state index is 0.147. The van der Waals surface area contributed by atoms with Crippen LogP contribution in [0.25, 0.3) is 0 Å². The van der Waals surface area contributed by atoms with Crippen LogP contribution in [0.1, 0.15) is 43.3 Å². The highest BCUT2D eigenvalue weighted by Crippen LogP contribution is 2.27. The van der Waals surface area contributed by atoms with Gasteiger partial charge in [-0.05, 0) is 38.8 Å². The Kier molecular flexibility index (Phi) is 4.52. The van der Waals surface area contributed by atoms with Crippen LogP contribution in [0.15, 0.2) is 0 Å². The number of piperidine rings is 1. The van der Waals surface area contributed by atoms with E-state index in [0.717, 1.165) is 44.1 Å². The summed E-state index contributed by atoms with van der Waals surface area (Å²) in [6, 6.07) is 0. The lowest BCUT2D eigenvalue weighted by Crippen LogP contribution is -2.39. The topological polar surface area (TPSA) is 71.3 Å². The van der Waals surface area contributed by atoms with E-state index in [1.807, 2.05) is 7.05 Å². The van der Waals surface area contributed by atoms with Crippen molar-refractivity contribution in [2.24, 2.45) is 7.05 Å².